The van der Waals surface area contributed by atoms with E-state index in [0.29, 0.717) is 60.0 Å². The van der Waals surface area contributed by atoms with Crippen LogP contribution in [0.2, 0.25) is 0 Å². The highest BCUT2D eigenvalue weighted by molar-refractivity contribution is 5.96. The number of fused-ring (bicyclic) bond motifs is 1. The molecule has 0 radical (unpaired) electrons. The lowest BCUT2D eigenvalue weighted by molar-refractivity contribution is -0.117. The fourth-order valence-corrected chi connectivity index (χ4v) is 5.73. The van der Waals surface area contributed by atoms with Gasteiger partial charge < -0.3 is 14.6 Å². The van der Waals surface area contributed by atoms with Crippen LogP contribution in [0.1, 0.15) is 47.2 Å². The molecule has 11 nitrogen and oxygen atoms in total. The molecule has 1 N–H and O–H groups in total. The van der Waals surface area contributed by atoms with Gasteiger partial charge in [0, 0.05) is 30.5 Å². The number of nitrogens with one attached hydrogen (secondary N) is 1. The first-order valence-corrected chi connectivity index (χ1v) is 14.4. The first kappa shape index (κ1) is 27.7. The van der Waals surface area contributed by atoms with E-state index in [-0.39, 0.29) is 41.7 Å². The molecule has 3 aromatic heterocycles. The standard InChI is InChI=1S/C31H28F2N8O3/c1-17-37-39-41(38-17)28(18-2-4-21(32)5-3-18)19-9-12-40(13-10-19)31(43)26-14-20(8-11-34-26)30-36-25-15-22(6-7-27(25)44-30)35-29(42)23-16-24(23)33/h2-8,11,14-15,19,23-24,28H,9-10,12-13,16H2,1H3,(H,35,42)/t23?,24-,28?/m0/s1. The molecule has 0 bridgehead atoms. The first-order chi connectivity index (χ1) is 21.3. The number of rotatable bonds is 7. The number of piperidine rings is 1. The van der Waals surface area contributed by atoms with Crippen molar-refractivity contribution in [2.45, 2.75) is 38.4 Å². The number of hydrogen-bond donors (Lipinski definition) is 1. The minimum atomic E-state index is -1.08. The van der Waals surface area contributed by atoms with Crippen LogP contribution in [0.4, 0.5) is 14.5 Å². The van der Waals surface area contributed by atoms with Crippen LogP contribution in [0.3, 0.4) is 0 Å². The van der Waals surface area contributed by atoms with Crippen LogP contribution in [-0.4, -0.2) is 66.2 Å². The monoisotopic (exact) mass is 598 g/mol. The number of alkyl halides is 1. The Kier molecular flexibility index (Phi) is 7.07. The minimum absolute atomic E-state index is 0.106. The molecule has 4 heterocycles. The number of aryl methyl sites for hydroxylation is 1. The number of hydrogen-bond acceptors (Lipinski definition) is 8. The number of aromatic nitrogens is 6. The molecule has 2 amide bonds. The zero-order valence-corrected chi connectivity index (χ0v) is 23.7. The summed E-state index contributed by atoms with van der Waals surface area (Å²) in [4.78, 5) is 37.8. The second kappa shape index (κ2) is 11.2. The molecular formula is C31H28F2N8O3. The lowest BCUT2D eigenvalue weighted by Gasteiger charge is -2.35. The zero-order chi connectivity index (χ0) is 30.4. The maximum absolute atomic E-state index is 13.7. The van der Waals surface area contributed by atoms with Crippen molar-refractivity contribution < 1.29 is 22.8 Å². The van der Waals surface area contributed by atoms with E-state index in [4.69, 9.17) is 4.42 Å². The van der Waals surface area contributed by atoms with Gasteiger partial charge in [-0.05, 0) is 85.3 Å². The summed E-state index contributed by atoms with van der Waals surface area (Å²) in [5.74, 6) is -0.501. The molecule has 224 valence electrons. The van der Waals surface area contributed by atoms with Gasteiger partial charge >= 0.3 is 0 Å². The number of amides is 2. The van der Waals surface area contributed by atoms with Gasteiger partial charge in [0.1, 0.15) is 29.2 Å². The van der Waals surface area contributed by atoms with E-state index in [2.05, 4.69) is 30.7 Å². The van der Waals surface area contributed by atoms with Crippen molar-refractivity contribution in [3.05, 3.63) is 83.7 Å². The molecule has 2 aliphatic rings. The molecule has 1 saturated heterocycles. The average Bonchev–Trinajstić information content (AvgIpc) is 3.40. The Morgan fingerprint density at radius 1 is 1.07 bits per heavy atom. The lowest BCUT2D eigenvalue weighted by Crippen LogP contribution is -2.41. The third-order valence-corrected chi connectivity index (χ3v) is 8.19. The number of tetrazole rings is 1. The van der Waals surface area contributed by atoms with E-state index in [9.17, 15) is 18.4 Å². The molecule has 2 unspecified atom stereocenters. The van der Waals surface area contributed by atoms with Crippen LogP contribution in [0.15, 0.2) is 65.2 Å². The van der Waals surface area contributed by atoms with Gasteiger partial charge in [-0.2, -0.15) is 4.80 Å². The Hall–Kier alpha value is -5.07. The zero-order valence-electron chi connectivity index (χ0n) is 23.7. The summed E-state index contributed by atoms with van der Waals surface area (Å²) >= 11 is 0. The van der Waals surface area contributed by atoms with Crippen LogP contribution in [0, 0.1) is 24.6 Å². The van der Waals surface area contributed by atoms with Crippen LogP contribution in [0.25, 0.3) is 22.6 Å². The van der Waals surface area contributed by atoms with Gasteiger partial charge in [0.2, 0.25) is 11.8 Å². The SMILES string of the molecule is Cc1nnn(C(c2ccc(F)cc2)C2CCN(C(=O)c3cc(-c4nc5cc(NC(=O)C6C[C@@H]6F)ccc5o4)ccn3)CC2)n1. The number of carbonyl (C=O) groups excluding carboxylic acids is 2. The fraction of sp³-hybridized carbons (Fsp3) is 0.323. The third kappa shape index (κ3) is 5.52. The van der Waals surface area contributed by atoms with Crippen molar-refractivity contribution in [2.75, 3.05) is 18.4 Å². The van der Waals surface area contributed by atoms with Crippen molar-refractivity contribution in [2.24, 2.45) is 11.8 Å². The second-order valence-corrected chi connectivity index (χ2v) is 11.3. The van der Waals surface area contributed by atoms with Gasteiger partial charge in [-0.1, -0.05) is 12.1 Å². The maximum atomic E-state index is 13.7. The summed E-state index contributed by atoms with van der Waals surface area (Å²) in [6.45, 7) is 2.77. The lowest BCUT2D eigenvalue weighted by atomic mass is 9.85. The number of likely N-dealkylation sites (tertiary alicyclic amines) is 1. The van der Waals surface area contributed by atoms with Crippen LogP contribution in [-0.2, 0) is 4.79 Å². The van der Waals surface area contributed by atoms with Crippen molar-refractivity contribution in [3.63, 3.8) is 0 Å². The number of carbonyl (C=O) groups is 2. The average molecular weight is 599 g/mol. The van der Waals surface area contributed by atoms with Crippen molar-refractivity contribution in [1.29, 1.82) is 0 Å². The Bertz CT molecular complexity index is 1850. The molecule has 0 spiro atoms. The topological polar surface area (TPSA) is 132 Å². The predicted octanol–water partition coefficient (Wildman–Crippen LogP) is 4.76. The minimum Gasteiger partial charge on any atom is -0.436 e. The molecule has 13 heteroatoms. The summed E-state index contributed by atoms with van der Waals surface area (Å²) in [6.07, 6.45) is 2.09. The Labute approximate surface area is 250 Å². The Morgan fingerprint density at radius 2 is 1.84 bits per heavy atom. The molecule has 3 atom stereocenters. The number of oxazole rings is 1. The van der Waals surface area contributed by atoms with Crippen molar-refractivity contribution >= 4 is 28.6 Å². The third-order valence-electron chi connectivity index (χ3n) is 8.19. The highest BCUT2D eigenvalue weighted by Crippen LogP contribution is 2.36. The summed E-state index contributed by atoms with van der Waals surface area (Å²) in [5, 5.41) is 15.4. The molecule has 5 aromatic rings. The highest BCUT2D eigenvalue weighted by atomic mass is 19.1. The summed E-state index contributed by atoms with van der Waals surface area (Å²) in [6, 6.07) is 14.5. The van der Waals surface area contributed by atoms with Crippen LogP contribution < -0.4 is 5.32 Å². The van der Waals surface area contributed by atoms with Crippen molar-refractivity contribution in [3.8, 4) is 11.5 Å². The van der Waals surface area contributed by atoms with E-state index < -0.39 is 12.1 Å². The molecule has 1 aliphatic carbocycles. The number of pyridine rings is 1. The largest absolute Gasteiger partial charge is 0.436 e. The summed E-state index contributed by atoms with van der Waals surface area (Å²) in [7, 11) is 0. The van der Waals surface area contributed by atoms with Crippen LogP contribution in [0.5, 0.6) is 0 Å². The quantitative estimate of drug-likeness (QED) is 0.284. The van der Waals surface area contributed by atoms with Gasteiger partial charge in [0.15, 0.2) is 11.4 Å². The molecule has 1 aliphatic heterocycles. The molecular weight excluding hydrogens is 570 g/mol. The first-order valence-electron chi connectivity index (χ1n) is 14.4. The van der Waals surface area contributed by atoms with Crippen molar-refractivity contribution in [1.82, 2.24) is 35.1 Å². The van der Waals surface area contributed by atoms with Gasteiger partial charge in [-0.25, -0.2) is 13.8 Å². The summed E-state index contributed by atoms with van der Waals surface area (Å²) < 4.78 is 32.8. The normalized spacial score (nSPS) is 19.2. The molecule has 44 heavy (non-hydrogen) atoms. The van der Waals surface area contributed by atoms with E-state index in [1.807, 2.05) is 0 Å². The molecule has 2 fully saturated rings. The van der Waals surface area contributed by atoms with E-state index in [1.54, 1.807) is 65.3 Å². The highest BCUT2D eigenvalue weighted by Gasteiger charge is 2.43. The Balaban J connectivity index is 1.05. The number of anilines is 1. The molecule has 1 saturated carbocycles. The van der Waals surface area contributed by atoms with E-state index >= 15 is 0 Å². The second-order valence-electron chi connectivity index (χ2n) is 11.3. The number of benzene rings is 2. The summed E-state index contributed by atoms with van der Waals surface area (Å²) in [5.41, 5.74) is 3.27. The number of nitrogens with zero attached hydrogens (tertiary/aromatic N) is 7. The Morgan fingerprint density at radius 3 is 2.55 bits per heavy atom. The van der Waals surface area contributed by atoms with Crippen LogP contribution >= 0.6 is 0 Å². The van der Waals surface area contributed by atoms with Gasteiger partial charge in [-0.3, -0.25) is 14.6 Å². The van der Waals surface area contributed by atoms with E-state index in [1.165, 1.54) is 12.1 Å². The molecule has 2 aromatic carbocycles. The number of halogens is 2. The van der Waals surface area contributed by atoms with E-state index in [0.717, 1.165) is 5.56 Å². The van der Waals surface area contributed by atoms with Gasteiger partial charge in [-0.15, -0.1) is 10.2 Å². The predicted molar refractivity (Wildman–Crippen MR) is 155 cm³/mol. The van der Waals surface area contributed by atoms with Gasteiger partial charge in [0.05, 0.1) is 5.92 Å². The van der Waals surface area contributed by atoms with Gasteiger partial charge in [0.25, 0.3) is 5.91 Å². The maximum Gasteiger partial charge on any atom is 0.272 e. The smallest absolute Gasteiger partial charge is 0.272 e. The fourth-order valence-electron chi connectivity index (χ4n) is 5.73. The molecule has 7 rings (SSSR count).